The summed E-state index contributed by atoms with van der Waals surface area (Å²) >= 11 is 0. The molecule has 1 aliphatic heterocycles. The van der Waals surface area contributed by atoms with Gasteiger partial charge in [-0.15, -0.1) is 0 Å². The molecule has 1 saturated heterocycles. The predicted octanol–water partition coefficient (Wildman–Crippen LogP) is 0.707. The van der Waals surface area contributed by atoms with Gasteiger partial charge >= 0.3 is 0 Å². The van der Waals surface area contributed by atoms with Crippen LogP contribution in [0.3, 0.4) is 0 Å². The third-order valence-electron chi connectivity index (χ3n) is 2.96. The molecule has 4 nitrogen and oxygen atoms in total. The highest BCUT2D eigenvalue weighted by atomic mass is 16.3. The molecule has 2 rings (SSSR count). The average Bonchev–Trinajstić information content (AvgIpc) is 2.75. The van der Waals surface area contributed by atoms with Gasteiger partial charge in [0.15, 0.2) is 0 Å². The summed E-state index contributed by atoms with van der Waals surface area (Å²) in [6.07, 6.45) is 1.41. The topological polar surface area (TPSA) is 56.6 Å². The fourth-order valence-electron chi connectivity index (χ4n) is 2.02. The van der Waals surface area contributed by atoms with E-state index in [1.807, 2.05) is 19.1 Å². The average molecular weight is 222 g/mol. The van der Waals surface area contributed by atoms with Gasteiger partial charge in [-0.25, -0.2) is 4.98 Å². The Morgan fingerprint density at radius 1 is 1.50 bits per heavy atom. The normalized spacial score (nSPS) is 20.4. The first kappa shape index (κ1) is 11.4. The molecule has 2 N–H and O–H groups in total. The van der Waals surface area contributed by atoms with Crippen LogP contribution in [0, 0.1) is 0 Å². The van der Waals surface area contributed by atoms with E-state index in [1.165, 1.54) is 0 Å². The highest BCUT2D eigenvalue weighted by molar-refractivity contribution is 5.44. The molecule has 0 spiro atoms. The molecule has 1 atom stereocenters. The monoisotopic (exact) mass is 222 g/mol. The first-order chi connectivity index (χ1) is 7.72. The van der Waals surface area contributed by atoms with Crippen LogP contribution in [0.15, 0.2) is 12.1 Å². The highest BCUT2D eigenvalue weighted by Gasteiger charge is 2.21. The molecule has 0 amide bonds. The van der Waals surface area contributed by atoms with Crippen LogP contribution in [-0.4, -0.2) is 34.4 Å². The minimum absolute atomic E-state index is 0.0406. The summed E-state index contributed by atoms with van der Waals surface area (Å²) in [7, 11) is 0. The summed E-state index contributed by atoms with van der Waals surface area (Å²) in [6.45, 7) is 3.57. The second kappa shape index (κ2) is 4.80. The van der Waals surface area contributed by atoms with E-state index in [1.54, 1.807) is 0 Å². The lowest BCUT2D eigenvalue weighted by molar-refractivity contribution is 0.198. The molecule has 0 bridgehead atoms. The molecule has 1 unspecified atom stereocenters. The van der Waals surface area contributed by atoms with Crippen LogP contribution in [0.2, 0.25) is 0 Å². The molecule has 1 fully saturated rings. The second-order valence-corrected chi connectivity index (χ2v) is 4.23. The quantitative estimate of drug-likeness (QED) is 0.790. The van der Waals surface area contributed by atoms with Crippen molar-refractivity contribution in [2.75, 3.05) is 18.0 Å². The molecule has 0 aromatic carbocycles. The maximum atomic E-state index is 9.50. The van der Waals surface area contributed by atoms with Crippen LogP contribution < -0.4 is 4.90 Å². The number of hydrogen-bond acceptors (Lipinski definition) is 4. The van der Waals surface area contributed by atoms with E-state index >= 15 is 0 Å². The SMILES string of the molecule is CCc1cc(CO)cc(N2CCC(O)C2)n1. The zero-order valence-corrected chi connectivity index (χ0v) is 9.56. The number of aliphatic hydroxyl groups is 2. The van der Waals surface area contributed by atoms with Crippen molar-refractivity contribution >= 4 is 5.82 Å². The van der Waals surface area contributed by atoms with E-state index in [0.29, 0.717) is 6.54 Å². The maximum absolute atomic E-state index is 9.50. The number of nitrogens with zero attached hydrogens (tertiary/aromatic N) is 2. The number of pyridine rings is 1. The van der Waals surface area contributed by atoms with Crippen molar-refractivity contribution in [1.82, 2.24) is 4.98 Å². The lowest BCUT2D eigenvalue weighted by Crippen LogP contribution is -2.22. The Morgan fingerprint density at radius 2 is 2.31 bits per heavy atom. The van der Waals surface area contributed by atoms with Crippen molar-refractivity contribution < 1.29 is 10.2 Å². The van der Waals surface area contributed by atoms with Gasteiger partial charge in [0.1, 0.15) is 5.82 Å². The second-order valence-electron chi connectivity index (χ2n) is 4.23. The molecule has 0 radical (unpaired) electrons. The summed E-state index contributed by atoms with van der Waals surface area (Å²) in [6, 6.07) is 3.83. The smallest absolute Gasteiger partial charge is 0.129 e. The number of rotatable bonds is 3. The lowest BCUT2D eigenvalue weighted by Gasteiger charge is -2.18. The van der Waals surface area contributed by atoms with Gasteiger partial charge in [0.2, 0.25) is 0 Å². The molecule has 1 aromatic heterocycles. The van der Waals surface area contributed by atoms with Gasteiger partial charge in [-0.1, -0.05) is 6.92 Å². The van der Waals surface area contributed by atoms with Crippen LogP contribution >= 0.6 is 0 Å². The van der Waals surface area contributed by atoms with Crippen LogP contribution in [0.4, 0.5) is 5.82 Å². The first-order valence-corrected chi connectivity index (χ1v) is 5.76. The Morgan fingerprint density at radius 3 is 2.88 bits per heavy atom. The van der Waals surface area contributed by atoms with Crippen molar-refractivity contribution in [1.29, 1.82) is 0 Å². The zero-order chi connectivity index (χ0) is 11.5. The van der Waals surface area contributed by atoms with E-state index in [2.05, 4.69) is 9.88 Å². The molecule has 88 valence electrons. The van der Waals surface area contributed by atoms with Gasteiger partial charge in [0, 0.05) is 18.8 Å². The lowest BCUT2D eigenvalue weighted by atomic mass is 10.2. The minimum Gasteiger partial charge on any atom is -0.392 e. The molecule has 1 aliphatic rings. The van der Waals surface area contributed by atoms with Crippen LogP contribution in [-0.2, 0) is 13.0 Å². The molecule has 1 aromatic rings. The maximum Gasteiger partial charge on any atom is 0.129 e. The van der Waals surface area contributed by atoms with Gasteiger partial charge in [0.05, 0.1) is 12.7 Å². The van der Waals surface area contributed by atoms with E-state index in [-0.39, 0.29) is 12.7 Å². The van der Waals surface area contributed by atoms with Gasteiger partial charge in [-0.05, 0) is 30.5 Å². The summed E-state index contributed by atoms with van der Waals surface area (Å²) < 4.78 is 0. The molecule has 2 heterocycles. The van der Waals surface area contributed by atoms with E-state index in [4.69, 9.17) is 0 Å². The van der Waals surface area contributed by atoms with Gasteiger partial charge in [0.25, 0.3) is 0 Å². The molecular weight excluding hydrogens is 204 g/mol. The Kier molecular flexibility index (Phi) is 3.41. The third kappa shape index (κ3) is 2.33. The summed E-state index contributed by atoms with van der Waals surface area (Å²) in [5.74, 6) is 0.875. The predicted molar refractivity (Wildman–Crippen MR) is 62.4 cm³/mol. The number of aromatic nitrogens is 1. The van der Waals surface area contributed by atoms with Crippen molar-refractivity contribution in [2.24, 2.45) is 0 Å². The number of anilines is 1. The molecule has 4 heteroatoms. The Bertz CT molecular complexity index is 346. The molecular formula is C12H18N2O2. The van der Waals surface area contributed by atoms with Gasteiger partial charge < -0.3 is 15.1 Å². The Balaban J connectivity index is 2.25. The van der Waals surface area contributed by atoms with Crippen molar-refractivity contribution in [2.45, 2.75) is 32.5 Å². The largest absolute Gasteiger partial charge is 0.392 e. The van der Waals surface area contributed by atoms with Gasteiger partial charge in [-0.3, -0.25) is 0 Å². The van der Waals surface area contributed by atoms with Crippen LogP contribution in [0.1, 0.15) is 24.6 Å². The number of β-amino-alcohol motifs (C(OH)–C–C–N with tert-alkyl or cyclic N) is 1. The Hall–Kier alpha value is -1.13. The fourth-order valence-corrected chi connectivity index (χ4v) is 2.02. The summed E-state index contributed by atoms with van der Waals surface area (Å²) in [5, 5.41) is 18.7. The number of aliphatic hydroxyl groups excluding tert-OH is 2. The Labute approximate surface area is 95.5 Å². The summed E-state index contributed by atoms with van der Waals surface area (Å²) in [4.78, 5) is 6.59. The third-order valence-corrected chi connectivity index (χ3v) is 2.96. The van der Waals surface area contributed by atoms with Crippen molar-refractivity contribution in [3.05, 3.63) is 23.4 Å². The van der Waals surface area contributed by atoms with Crippen molar-refractivity contribution in [3.63, 3.8) is 0 Å². The first-order valence-electron chi connectivity index (χ1n) is 5.76. The summed E-state index contributed by atoms with van der Waals surface area (Å²) in [5.41, 5.74) is 1.88. The molecule has 0 aliphatic carbocycles. The van der Waals surface area contributed by atoms with E-state index in [9.17, 15) is 10.2 Å². The molecule has 0 saturated carbocycles. The standard InChI is InChI=1S/C12H18N2O2/c1-2-10-5-9(8-15)6-12(13-10)14-4-3-11(16)7-14/h5-6,11,15-16H,2-4,7-8H2,1H3. The van der Waals surface area contributed by atoms with Crippen LogP contribution in [0.25, 0.3) is 0 Å². The number of aryl methyl sites for hydroxylation is 1. The number of hydrogen-bond donors (Lipinski definition) is 2. The van der Waals surface area contributed by atoms with Crippen molar-refractivity contribution in [3.8, 4) is 0 Å². The minimum atomic E-state index is -0.246. The zero-order valence-electron chi connectivity index (χ0n) is 9.56. The molecule has 16 heavy (non-hydrogen) atoms. The van der Waals surface area contributed by atoms with E-state index in [0.717, 1.165) is 36.5 Å². The highest BCUT2D eigenvalue weighted by Crippen LogP contribution is 2.20. The van der Waals surface area contributed by atoms with Crippen LogP contribution in [0.5, 0.6) is 0 Å². The van der Waals surface area contributed by atoms with Gasteiger partial charge in [-0.2, -0.15) is 0 Å². The van der Waals surface area contributed by atoms with E-state index < -0.39 is 0 Å². The fraction of sp³-hybridized carbons (Fsp3) is 0.583.